The number of para-hydroxylation sites is 1. The van der Waals surface area contributed by atoms with Gasteiger partial charge in [-0.1, -0.05) is 12.1 Å². The van der Waals surface area contributed by atoms with Crippen LogP contribution in [0.2, 0.25) is 0 Å². The highest BCUT2D eigenvalue weighted by atomic mass is 16.1. The highest BCUT2D eigenvalue weighted by Crippen LogP contribution is 2.28. The second-order valence-electron chi connectivity index (χ2n) is 6.04. The Morgan fingerprint density at radius 3 is 3.05 bits per heavy atom. The maximum absolute atomic E-state index is 12.2. The number of aromatic nitrogens is 2. The lowest BCUT2D eigenvalue weighted by Gasteiger charge is -2.24. The summed E-state index contributed by atoms with van der Waals surface area (Å²) in [6, 6.07) is 7.86. The van der Waals surface area contributed by atoms with Crippen molar-refractivity contribution in [3.63, 3.8) is 0 Å². The van der Waals surface area contributed by atoms with Crippen molar-refractivity contribution in [2.24, 2.45) is 7.05 Å². The van der Waals surface area contributed by atoms with Gasteiger partial charge in [0.25, 0.3) is 5.91 Å². The van der Waals surface area contributed by atoms with Crippen LogP contribution in [0.5, 0.6) is 0 Å². The highest BCUT2D eigenvalue weighted by Gasteiger charge is 2.25. The molecule has 2 aliphatic rings. The fraction of sp³-hybridized carbons (Fsp3) is 0.412. The van der Waals surface area contributed by atoms with Crippen LogP contribution in [0.25, 0.3) is 0 Å². The number of nitrogens with zero attached hydrogens (tertiary/aromatic N) is 3. The molecule has 0 radical (unpaired) electrons. The number of hydrogen-bond donors (Lipinski definition) is 1. The standard InChI is InChI=1S/C17H20N4O/c1-20-16(12-6-4-7-14(12)19-20)11-21-10-9-18-17(22)13-5-2-3-8-15(13)21/h2-3,5,8H,4,6-7,9-11H2,1H3,(H,18,22). The molecule has 0 unspecified atom stereocenters. The van der Waals surface area contributed by atoms with E-state index in [0.717, 1.165) is 37.2 Å². The van der Waals surface area contributed by atoms with Gasteiger partial charge in [-0.25, -0.2) is 0 Å². The molecule has 0 atom stereocenters. The van der Waals surface area contributed by atoms with Gasteiger partial charge in [-0.3, -0.25) is 9.48 Å². The van der Waals surface area contributed by atoms with E-state index in [1.165, 1.54) is 23.4 Å². The third kappa shape index (κ3) is 2.08. The average Bonchev–Trinajstić information content (AvgIpc) is 3.03. The average molecular weight is 296 g/mol. The third-order valence-electron chi connectivity index (χ3n) is 4.70. The Hall–Kier alpha value is -2.30. The van der Waals surface area contributed by atoms with Crippen molar-refractivity contribution < 1.29 is 4.79 Å². The van der Waals surface area contributed by atoms with Gasteiger partial charge in [-0.2, -0.15) is 5.10 Å². The quantitative estimate of drug-likeness (QED) is 0.917. The molecule has 0 saturated carbocycles. The van der Waals surface area contributed by atoms with E-state index in [-0.39, 0.29) is 5.91 Å². The molecule has 1 aliphatic heterocycles. The maximum Gasteiger partial charge on any atom is 0.253 e. The number of amides is 1. The minimum atomic E-state index is 0.0216. The monoisotopic (exact) mass is 296 g/mol. The van der Waals surface area contributed by atoms with Crippen molar-refractivity contribution >= 4 is 11.6 Å². The number of benzene rings is 1. The molecule has 114 valence electrons. The molecule has 22 heavy (non-hydrogen) atoms. The van der Waals surface area contributed by atoms with Crippen LogP contribution >= 0.6 is 0 Å². The fourth-order valence-corrected chi connectivity index (χ4v) is 3.59. The Labute approximate surface area is 129 Å². The Bertz CT molecular complexity index is 734. The number of aryl methyl sites for hydroxylation is 2. The largest absolute Gasteiger partial charge is 0.363 e. The highest BCUT2D eigenvalue weighted by molar-refractivity contribution is 6.00. The molecule has 5 nitrogen and oxygen atoms in total. The van der Waals surface area contributed by atoms with Crippen LogP contribution in [0, 0.1) is 0 Å². The first kappa shape index (κ1) is 13.4. The molecular weight excluding hydrogens is 276 g/mol. The molecule has 4 rings (SSSR count). The number of rotatable bonds is 2. The van der Waals surface area contributed by atoms with E-state index in [9.17, 15) is 4.79 Å². The third-order valence-corrected chi connectivity index (χ3v) is 4.70. The van der Waals surface area contributed by atoms with E-state index in [1.54, 1.807) is 0 Å². The number of nitrogens with one attached hydrogen (secondary N) is 1. The van der Waals surface area contributed by atoms with E-state index >= 15 is 0 Å². The molecule has 1 amide bonds. The zero-order chi connectivity index (χ0) is 15.1. The van der Waals surface area contributed by atoms with Crippen LogP contribution in [0.15, 0.2) is 24.3 Å². The van der Waals surface area contributed by atoms with E-state index in [1.807, 2.05) is 36.0 Å². The van der Waals surface area contributed by atoms with Crippen molar-refractivity contribution in [3.05, 3.63) is 46.8 Å². The second-order valence-corrected chi connectivity index (χ2v) is 6.04. The van der Waals surface area contributed by atoms with E-state index in [2.05, 4.69) is 15.3 Å². The minimum absolute atomic E-state index is 0.0216. The van der Waals surface area contributed by atoms with Gasteiger partial charge in [-0.15, -0.1) is 0 Å². The molecule has 0 spiro atoms. The lowest BCUT2D eigenvalue weighted by atomic mass is 10.1. The lowest BCUT2D eigenvalue weighted by molar-refractivity contribution is 0.0958. The van der Waals surface area contributed by atoms with E-state index in [0.29, 0.717) is 6.54 Å². The predicted molar refractivity (Wildman–Crippen MR) is 85.1 cm³/mol. The first-order valence-electron chi connectivity index (χ1n) is 7.90. The Morgan fingerprint density at radius 1 is 1.27 bits per heavy atom. The second kappa shape index (κ2) is 5.16. The normalized spacial score (nSPS) is 17.0. The van der Waals surface area contributed by atoms with Gasteiger partial charge >= 0.3 is 0 Å². The molecule has 1 aromatic carbocycles. The summed E-state index contributed by atoms with van der Waals surface area (Å²) in [6.07, 6.45) is 3.44. The molecule has 0 fully saturated rings. The fourth-order valence-electron chi connectivity index (χ4n) is 3.59. The topological polar surface area (TPSA) is 50.2 Å². The van der Waals surface area contributed by atoms with E-state index in [4.69, 9.17) is 0 Å². The molecule has 0 saturated heterocycles. The first-order valence-corrected chi connectivity index (χ1v) is 7.90. The number of anilines is 1. The SMILES string of the molecule is Cn1nc2c(c1CN1CCNC(=O)c3ccccc31)CCC2. The Kier molecular flexibility index (Phi) is 3.13. The van der Waals surface area contributed by atoms with Gasteiger partial charge in [0, 0.05) is 25.8 Å². The Balaban J connectivity index is 1.71. The number of fused-ring (bicyclic) bond motifs is 2. The number of hydrogen-bond acceptors (Lipinski definition) is 3. The molecule has 2 aromatic rings. The lowest BCUT2D eigenvalue weighted by Crippen LogP contribution is -2.30. The molecule has 2 heterocycles. The van der Waals surface area contributed by atoms with Crippen LogP contribution in [0.1, 0.15) is 33.7 Å². The minimum Gasteiger partial charge on any atom is -0.363 e. The molecule has 5 heteroatoms. The van der Waals surface area contributed by atoms with Crippen LogP contribution in [0.3, 0.4) is 0 Å². The first-order chi connectivity index (χ1) is 10.7. The van der Waals surface area contributed by atoms with Gasteiger partial charge in [0.05, 0.1) is 23.5 Å². The van der Waals surface area contributed by atoms with Crippen LogP contribution in [-0.4, -0.2) is 28.8 Å². The van der Waals surface area contributed by atoms with Gasteiger partial charge < -0.3 is 10.2 Å². The van der Waals surface area contributed by atoms with Gasteiger partial charge in [-0.05, 0) is 37.0 Å². The zero-order valence-corrected chi connectivity index (χ0v) is 12.8. The van der Waals surface area contributed by atoms with Crippen molar-refractivity contribution in [1.82, 2.24) is 15.1 Å². The summed E-state index contributed by atoms with van der Waals surface area (Å²) in [5, 5.41) is 7.63. The van der Waals surface area contributed by atoms with Crippen molar-refractivity contribution in [3.8, 4) is 0 Å². The smallest absolute Gasteiger partial charge is 0.253 e. The molecule has 1 aromatic heterocycles. The zero-order valence-electron chi connectivity index (χ0n) is 12.8. The summed E-state index contributed by atoms with van der Waals surface area (Å²) in [7, 11) is 2.03. The summed E-state index contributed by atoms with van der Waals surface area (Å²) < 4.78 is 2.02. The Morgan fingerprint density at radius 2 is 2.14 bits per heavy atom. The molecule has 1 N–H and O–H groups in total. The summed E-state index contributed by atoms with van der Waals surface area (Å²) in [4.78, 5) is 14.4. The van der Waals surface area contributed by atoms with Crippen LogP contribution in [0.4, 0.5) is 5.69 Å². The van der Waals surface area contributed by atoms with Gasteiger partial charge in [0.2, 0.25) is 0 Å². The van der Waals surface area contributed by atoms with Gasteiger partial charge in [0.15, 0.2) is 0 Å². The van der Waals surface area contributed by atoms with Crippen molar-refractivity contribution in [2.45, 2.75) is 25.8 Å². The van der Waals surface area contributed by atoms with Crippen LogP contribution < -0.4 is 10.2 Å². The van der Waals surface area contributed by atoms with Gasteiger partial charge in [0.1, 0.15) is 0 Å². The van der Waals surface area contributed by atoms with Crippen LogP contribution in [-0.2, 0) is 26.4 Å². The summed E-state index contributed by atoms with van der Waals surface area (Å²) in [6.45, 7) is 2.31. The summed E-state index contributed by atoms with van der Waals surface area (Å²) >= 11 is 0. The van der Waals surface area contributed by atoms with Crippen molar-refractivity contribution in [1.29, 1.82) is 0 Å². The van der Waals surface area contributed by atoms with E-state index < -0.39 is 0 Å². The predicted octanol–water partition coefficient (Wildman–Crippen LogP) is 1.66. The maximum atomic E-state index is 12.2. The summed E-state index contributed by atoms with van der Waals surface area (Å²) in [5.41, 5.74) is 5.75. The van der Waals surface area contributed by atoms with Crippen molar-refractivity contribution in [2.75, 3.05) is 18.0 Å². The number of carbonyl (C=O) groups is 1. The summed E-state index contributed by atoms with van der Waals surface area (Å²) in [5.74, 6) is 0.0216. The molecule has 1 aliphatic carbocycles. The molecule has 0 bridgehead atoms. The molecular formula is C17H20N4O. The number of carbonyl (C=O) groups excluding carboxylic acids is 1.